The van der Waals surface area contributed by atoms with Crippen LogP contribution < -0.4 is 5.32 Å². The van der Waals surface area contributed by atoms with Gasteiger partial charge in [0.05, 0.1) is 11.4 Å². The first kappa shape index (κ1) is 21.1. The molecule has 1 N–H and O–H groups in total. The van der Waals surface area contributed by atoms with Crippen molar-refractivity contribution in [2.45, 2.75) is 24.3 Å². The highest BCUT2D eigenvalue weighted by molar-refractivity contribution is 7.89. The Morgan fingerprint density at radius 3 is 2.45 bits per heavy atom. The molecule has 0 saturated carbocycles. The maximum Gasteiger partial charge on any atom is 0.246 e. The predicted molar refractivity (Wildman–Crippen MR) is 109 cm³/mol. The molecule has 2 aromatic carbocycles. The Bertz CT molecular complexity index is 1140. The molecule has 0 unspecified atom stereocenters. The molecule has 1 aliphatic rings. The highest BCUT2D eigenvalue weighted by Gasteiger charge is 2.32. The number of amides is 1. The summed E-state index contributed by atoms with van der Waals surface area (Å²) in [5.41, 5.74) is 0.818. The fraction of sp³-hybridized carbons (Fsp3) is 0.286. The van der Waals surface area contributed by atoms with Crippen molar-refractivity contribution in [3.63, 3.8) is 0 Å². The Balaban J connectivity index is 1.30. The zero-order chi connectivity index (χ0) is 21.8. The molecule has 2 heterocycles. The van der Waals surface area contributed by atoms with Gasteiger partial charge in [0.25, 0.3) is 0 Å². The first-order valence-electron chi connectivity index (χ1n) is 9.85. The van der Waals surface area contributed by atoms with Crippen LogP contribution >= 0.6 is 0 Å². The van der Waals surface area contributed by atoms with Gasteiger partial charge in [-0.2, -0.15) is 9.29 Å². The summed E-state index contributed by atoms with van der Waals surface area (Å²) in [5.74, 6) is -0.242. The molecule has 4 rings (SSSR count). The minimum Gasteiger partial charge on any atom is -0.347 e. The summed E-state index contributed by atoms with van der Waals surface area (Å²) in [6.45, 7) is 0.541. The monoisotopic (exact) mass is 444 g/mol. The molecule has 1 aromatic heterocycles. The molecule has 10 heteroatoms. The fourth-order valence-electron chi connectivity index (χ4n) is 3.45. The fourth-order valence-corrected chi connectivity index (χ4v) is 4.92. The molecule has 162 valence electrons. The van der Waals surface area contributed by atoms with Crippen molar-refractivity contribution in [2.24, 2.45) is 5.92 Å². The summed E-state index contributed by atoms with van der Waals surface area (Å²) >= 11 is 0. The van der Waals surface area contributed by atoms with Gasteiger partial charge in [0.2, 0.25) is 27.6 Å². The molecule has 1 fully saturated rings. The number of halogens is 1. The Hall–Kier alpha value is -3.11. The van der Waals surface area contributed by atoms with E-state index in [1.165, 1.54) is 16.4 Å². The molecule has 31 heavy (non-hydrogen) atoms. The number of hydrogen-bond acceptors (Lipinski definition) is 6. The second-order valence-electron chi connectivity index (χ2n) is 7.23. The molecule has 0 aliphatic carbocycles. The first-order valence-corrected chi connectivity index (χ1v) is 11.3. The molecule has 8 nitrogen and oxygen atoms in total. The Labute approximate surface area is 179 Å². The van der Waals surface area contributed by atoms with Gasteiger partial charge in [0.15, 0.2) is 0 Å². The van der Waals surface area contributed by atoms with E-state index in [0.29, 0.717) is 24.6 Å². The Kier molecular flexibility index (Phi) is 6.10. The summed E-state index contributed by atoms with van der Waals surface area (Å²) < 4.78 is 44.9. The smallest absolute Gasteiger partial charge is 0.246 e. The van der Waals surface area contributed by atoms with Crippen molar-refractivity contribution in [3.05, 3.63) is 66.3 Å². The number of carbonyl (C=O) groups excluding carboxylic acids is 1. The standard InChI is InChI=1S/C21H21FN4O4S/c22-17-6-8-18(9-7-17)31(28,29)26-12-10-16(11-13-26)21(27)23-14-19-24-20(25-30-19)15-4-2-1-3-5-15/h1-9,16H,10-14H2,(H,23,27). The molecule has 1 amide bonds. The molecular formula is C21H21FN4O4S. The number of nitrogens with zero attached hydrogens (tertiary/aromatic N) is 3. The zero-order valence-electron chi connectivity index (χ0n) is 16.6. The van der Waals surface area contributed by atoms with Crippen LogP contribution in [0.4, 0.5) is 4.39 Å². The lowest BCUT2D eigenvalue weighted by atomic mass is 9.97. The van der Waals surface area contributed by atoms with Crippen LogP contribution in [0.15, 0.2) is 64.0 Å². The van der Waals surface area contributed by atoms with Gasteiger partial charge in [0.1, 0.15) is 5.82 Å². The molecule has 0 radical (unpaired) electrons. The van der Waals surface area contributed by atoms with Crippen molar-refractivity contribution in [1.82, 2.24) is 19.8 Å². The lowest BCUT2D eigenvalue weighted by Gasteiger charge is -2.30. The van der Waals surface area contributed by atoms with Crippen molar-refractivity contribution < 1.29 is 22.1 Å². The number of nitrogens with one attached hydrogen (secondary N) is 1. The van der Waals surface area contributed by atoms with Crippen LogP contribution in [0.1, 0.15) is 18.7 Å². The molecule has 3 aromatic rings. The van der Waals surface area contributed by atoms with E-state index in [1.54, 1.807) is 0 Å². The van der Waals surface area contributed by atoms with Gasteiger partial charge in [-0.3, -0.25) is 4.79 Å². The molecule has 0 atom stereocenters. The summed E-state index contributed by atoms with van der Waals surface area (Å²) in [6, 6.07) is 14.1. The maximum absolute atomic E-state index is 13.1. The van der Waals surface area contributed by atoms with Crippen molar-refractivity contribution in [2.75, 3.05) is 13.1 Å². The molecule has 0 spiro atoms. The third kappa shape index (κ3) is 4.80. The van der Waals surface area contributed by atoms with Gasteiger partial charge >= 0.3 is 0 Å². The molecule has 1 saturated heterocycles. The molecular weight excluding hydrogens is 423 g/mol. The minimum absolute atomic E-state index is 0.0439. The lowest BCUT2D eigenvalue weighted by molar-refractivity contribution is -0.126. The number of hydrogen-bond donors (Lipinski definition) is 1. The average molecular weight is 444 g/mol. The number of piperidine rings is 1. The van der Waals surface area contributed by atoms with E-state index in [2.05, 4.69) is 15.5 Å². The molecule has 0 bridgehead atoms. The highest BCUT2D eigenvalue weighted by atomic mass is 32.2. The van der Waals surface area contributed by atoms with Gasteiger partial charge in [-0.05, 0) is 37.1 Å². The number of benzene rings is 2. The second-order valence-corrected chi connectivity index (χ2v) is 9.17. The van der Waals surface area contributed by atoms with Gasteiger partial charge < -0.3 is 9.84 Å². The number of aromatic nitrogens is 2. The number of rotatable bonds is 6. The topological polar surface area (TPSA) is 105 Å². The summed E-state index contributed by atoms with van der Waals surface area (Å²) in [7, 11) is -3.71. The van der Waals surface area contributed by atoms with Crippen molar-refractivity contribution >= 4 is 15.9 Å². The van der Waals surface area contributed by atoms with E-state index >= 15 is 0 Å². The summed E-state index contributed by atoms with van der Waals surface area (Å²) in [5, 5.41) is 6.69. The number of carbonyl (C=O) groups is 1. The van der Waals surface area contributed by atoms with Crippen LogP contribution in [0.5, 0.6) is 0 Å². The Morgan fingerprint density at radius 1 is 1.10 bits per heavy atom. The summed E-state index contributed by atoms with van der Waals surface area (Å²) in [6.07, 6.45) is 0.788. The van der Waals surface area contributed by atoms with Crippen LogP contribution in [0.2, 0.25) is 0 Å². The largest absolute Gasteiger partial charge is 0.347 e. The van der Waals surface area contributed by atoms with E-state index in [9.17, 15) is 17.6 Å². The summed E-state index contributed by atoms with van der Waals surface area (Å²) in [4.78, 5) is 16.8. The van der Waals surface area contributed by atoms with Crippen LogP contribution in [-0.4, -0.2) is 41.9 Å². The zero-order valence-corrected chi connectivity index (χ0v) is 17.4. The van der Waals surface area contributed by atoms with Crippen molar-refractivity contribution in [1.29, 1.82) is 0 Å². The quantitative estimate of drug-likeness (QED) is 0.627. The number of sulfonamides is 1. The van der Waals surface area contributed by atoms with Crippen LogP contribution in [0.3, 0.4) is 0 Å². The second kappa shape index (κ2) is 8.94. The van der Waals surface area contributed by atoms with Gasteiger partial charge in [-0.15, -0.1) is 0 Å². The van der Waals surface area contributed by atoms with Gasteiger partial charge in [-0.1, -0.05) is 35.5 Å². The average Bonchev–Trinajstić information content (AvgIpc) is 3.27. The normalized spacial score (nSPS) is 15.6. The van der Waals surface area contributed by atoms with E-state index in [1.807, 2.05) is 30.3 Å². The third-order valence-corrected chi connectivity index (χ3v) is 7.10. The Morgan fingerprint density at radius 2 is 1.77 bits per heavy atom. The first-order chi connectivity index (χ1) is 14.9. The van der Waals surface area contributed by atoms with Gasteiger partial charge in [0, 0.05) is 24.6 Å². The van der Waals surface area contributed by atoms with Crippen LogP contribution in [0.25, 0.3) is 11.4 Å². The maximum atomic E-state index is 13.1. The highest BCUT2D eigenvalue weighted by Crippen LogP contribution is 2.24. The van der Waals surface area contributed by atoms with E-state index in [-0.39, 0.29) is 36.4 Å². The lowest BCUT2D eigenvalue weighted by Crippen LogP contribution is -2.42. The van der Waals surface area contributed by atoms with E-state index in [0.717, 1.165) is 17.7 Å². The van der Waals surface area contributed by atoms with E-state index in [4.69, 9.17) is 4.52 Å². The van der Waals surface area contributed by atoms with Crippen LogP contribution in [0, 0.1) is 11.7 Å². The minimum atomic E-state index is -3.71. The van der Waals surface area contributed by atoms with Crippen molar-refractivity contribution in [3.8, 4) is 11.4 Å². The van der Waals surface area contributed by atoms with E-state index < -0.39 is 15.8 Å². The predicted octanol–water partition coefficient (Wildman–Crippen LogP) is 2.59. The SMILES string of the molecule is O=C(NCc1nc(-c2ccccc2)no1)C1CCN(S(=O)(=O)c2ccc(F)cc2)CC1. The van der Waals surface area contributed by atoms with Gasteiger partial charge in [-0.25, -0.2) is 12.8 Å². The third-order valence-electron chi connectivity index (χ3n) is 5.19. The van der Waals surface area contributed by atoms with Crippen LogP contribution in [-0.2, 0) is 21.4 Å². The molecule has 1 aliphatic heterocycles.